The van der Waals surface area contributed by atoms with Crippen LogP contribution in [0.15, 0.2) is 0 Å². The Morgan fingerprint density at radius 1 is 0.714 bits per heavy atom. The van der Waals surface area contributed by atoms with Crippen LogP contribution in [0.4, 0.5) is 0 Å². The monoisotopic (exact) mass is 458 g/mol. The van der Waals surface area contributed by atoms with Crippen molar-refractivity contribution in [3.8, 4) is 0 Å². The van der Waals surface area contributed by atoms with E-state index < -0.39 is 50.1 Å². The van der Waals surface area contributed by atoms with E-state index in [0.717, 1.165) is 9.80 Å². The minimum absolute atomic E-state index is 0. The van der Waals surface area contributed by atoms with E-state index in [1.807, 2.05) is 0 Å². The third kappa shape index (κ3) is 13.8. The predicted octanol–water partition coefficient (Wildman–Crippen LogP) is -6.08. The number of carbonyl (C=O) groups excluding carboxylic acids is 3. The SMILES string of the molecule is O=C([O-])CN(CCN(CC(=O)[O-])CC(=O)O)CC(=O)[O-].[Tm+3]. The van der Waals surface area contributed by atoms with Crippen LogP contribution in [-0.2, 0) is 19.2 Å². The van der Waals surface area contributed by atoms with Gasteiger partial charge in [0.05, 0.1) is 24.5 Å². The number of carboxylic acid groups (broad SMARTS) is 4. The Hall–Kier alpha value is -0.966. The van der Waals surface area contributed by atoms with Gasteiger partial charge >= 0.3 is 42.8 Å². The third-order valence-electron chi connectivity index (χ3n) is 2.15. The molecular weight excluding hydrogens is 445 g/mol. The van der Waals surface area contributed by atoms with Gasteiger partial charge in [-0.3, -0.25) is 14.6 Å². The van der Waals surface area contributed by atoms with Crippen LogP contribution < -0.4 is 15.3 Å². The standard InChI is InChI=1S/C10H16N2O8.Tm/c13-7(14)3-11(4-8(15)16)1-2-12(5-9(17)18)6-10(19)20;/h1-6H2,(H,13,14)(H,15,16)(H,17,18)(H,19,20);/q;+3/p-3. The van der Waals surface area contributed by atoms with Crippen molar-refractivity contribution in [3.05, 3.63) is 0 Å². The summed E-state index contributed by atoms with van der Waals surface area (Å²) in [5.41, 5.74) is 0. The number of rotatable bonds is 11. The number of carbonyl (C=O) groups is 4. The first-order chi connectivity index (χ1) is 9.20. The molecule has 10 nitrogen and oxygen atoms in total. The van der Waals surface area contributed by atoms with E-state index in [1.165, 1.54) is 0 Å². The summed E-state index contributed by atoms with van der Waals surface area (Å²) in [7, 11) is 0. The zero-order valence-corrected chi connectivity index (χ0v) is 12.5. The van der Waals surface area contributed by atoms with Crippen molar-refractivity contribution in [2.24, 2.45) is 0 Å². The van der Waals surface area contributed by atoms with E-state index in [-0.39, 0.29) is 50.0 Å². The molecule has 0 saturated heterocycles. The van der Waals surface area contributed by atoms with Gasteiger partial charge in [0.2, 0.25) is 0 Å². The normalized spacial score (nSPS) is 10.2. The van der Waals surface area contributed by atoms with E-state index in [0.29, 0.717) is 0 Å². The summed E-state index contributed by atoms with van der Waals surface area (Å²) in [6, 6.07) is 0. The molecule has 0 fully saturated rings. The molecule has 0 radical (unpaired) electrons. The molecular formula is C10H13N2O8Tm. The van der Waals surface area contributed by atoms with Crippen LogP contribution in [0.5, 0.6) is 0 Å². The van der Waals surface area contributed by atoms with E-state index in [4.69, 9.17) is 5.11 Å². The molecule has 21 heavy (non-hydrogen) atoms. The van der Waals surface area contributed by atoms with Gasteiger partial charge in [0.1, 0.15) is 0 Å². The smallest absolute Gasteiger partial charge is 0.549 e. The Morgan fingerprint density at radius 3 is 1.24 bits per heavy atom. The van der Waals surface area contributed by atoms with Crippen molar-refractivity contribution in [1.82, 2.24) is 9.80 Å². The van der Waals surface area contributed by atoms with Gasteiger partial charge in [-0.25, -0.2) is 0 Å². The van der Waals surface area contributed by atoms with Crippen LogP contribution >= 0.6 is 0 Å². The average molecular weight is 458 g/mol. The van der Waals surface area contributed by atoms with Crippen LogP contribution in [0.3, 0.4) is 0 Å². The van der Waals surface area contributed by atoms with Gasteiger partial charge in [0.25, 0.3) is 0 Å². The molecule has 0 aromatic carbocycles. The van der Waals surface area contributed by atoms with Gasteiger partial charge in [-0.15, -0.1) is 0 Å². The first-order valence-electron chi connectivity index (χ1n) is 5.46. The molecule has 0 aromatic rings. The second-order valence-electron chi connectivity index (χ2n) is 3.93. The Morgan fingerprint density at radius 2 is 1.00 bits per heavy atom. The summed E-state index contributed by atoms with van der Waals surface area (Å²) < 4.78 is 0. The fourth-order valence-corrected chi connectivity index (χ4v) is 1.45. The van der Waals surface area contributed by atoms with Gasteiger partial charge in [-0.2, -0.15) is 0 Å². The average Bonchev–Trinajstić information content (AvgIpc) is 2.22. The van der Waals surface area contributed by atoms with Crippen molar-refractivity contribution >= 4 is 23.9 Å². The Labute approximate surface area is 149 Å². The maximum absolute atomic E-state index is 10.5. The summed E-state index contributed by atoms with van der Waals surface area (Å²) in [5, 5.41) is 39.8. The van der Waals surface area contributed by atoms with E-state index >= 15 is 0 Å². The van der Waals surface area contributed by atoms with Crippen molar-refractivity contribution in [2.45, 2.75) is 0 Å². The van der Waals surface area contributed by atoms with Gasteiger partial charge in [-0.1, -0.05) is 0 Å². The van der Waals surface area contributed by atoms with E-state index in [9.17, 15) is 34.5 Å². The fourth-order valence-electron chi connectivity index (χ4n) is 1.45. The summed E-state index contributed by atoms with van der Waals surface area (Å²) in [6.07, 6.45) is 0. The number of nitrogens with zero attached hydrogens (tertiary/aromatic N) is 2. The van der Waals surface area contributed by atoms with Crippen molar-refractivity contribution < 1.29 is 76.5 Å². The molecule has 11 heteroatoms. The van der Waals surface area contributed by atoms with Crippen molar-refractivity contribution in [2.75, 3.05) is 39.3 Å². The van der Waals surface area contributed by atoms with E-state index in [1.54, 1.807) is 0 Å². The topological polar surface area (TPSA) is 164 Å². The molecule has 0 unspecified atom stereocenters. The summed E-state index contributed by atoms with van der Waals surface area (Å²) >= 11 is 0. The second kappa shape index (κ2) is 11.7. The molecule has 0 aromatic heterocycles. The summed E-state index contributed by atoms with van der Waals surface area (Å²) in [6.45, 7) is -3.00. The number of hydrogen-bond donors (Lipinski definition) is 1. The van der Waals surface area contributed by atoms with Gasteiger partial charge in [0.15, 0.2) is 0 Å². The van der Waals surface area contributed by atoms with Crippen LogP contribution in [0.2, 0.25) is 0 Å². The van der Waals surface area contributed by atoms with Crippen LogP contribution in [0, 0.1) is 36.9 Å². The first-order valence-corrected chi connectivity index (χ1v) is 5.46. The fraction of sp³-hybridized carbons (Fsp3) is 0.600. The van der Waals surface area contributed by atoms with Crippen LogP contribution in [0.1, 0.15) is 0 Å². The molecule has 0 aliphatic carbocycles. The molecule has 0 rings (SSSR count). The van der Waals surface area contributed by atoms with Gasteiger partial charge < -0.3 is 34.8 Å². The number of hydrogen-bond acceptors (Lipinski definition) is 9. The molecule has 0 aliphatic heterocycles. The summed E-state index contributed by atoms with van der Waals surface area (Å²) in [4.78, 5) is 43.7. The largest absolute Gasteiger partial charge is 3.00 e. The molecule has 0 atom stereocenters. The minimum Gasteiger partial charge on any atom is -0.549 e. The molecule has 1 N–H and O–H groups in total. The molecule has 0 heterocycles. The molecule has 124 valence electrons. The van der Waals surface area contributed by atoms with Crippen LogP contribution in [-0.4, -0.2) is 78.1 Å². The Kier molecular flexibility index (Phi) is 12.4. The Balaban J connectivity index is 0. The van der Waals surface area contributed by atoms with Gasteiger partial charge in [0, 0.05) is 32.7 Å². The summed E-state index contributed by atoms with van der Waals surface area (Å²) in [5.74, 6) is -5.82. The van der Waals surface area contributed by atoms with Crippen molar-refractivity contribution in [3.63, 3.8) is 0 Å². The molecule has 0 bridgehead atoms. The maximum atomic E-state index is 10.5. The van der Waals surface area contributed by atoms with Crippen LogP contribution in [0.25, 0.3) is 0 Å². The third-order valence-corrected chi connectivity index (χ3v) is 2.15. The first kappa shape index (κ1) is 22.3. The molecule has 0 aliphatic rings. The van der Waals surface area contributed by atoms with Gasteiger partial charge in [-0.05, 0) is 0 Å². The Bertz CT molecular complexity index is 321. The predicted molar refractivity (Wildman–Crippen MR) is 55.5 cm³/mol. The molecule has 0 saturated carbocycles. The zero-order chi connectivity index (χ0) is 15.7. The molecule has 0 amide bonds. The maximum Gasteiger partial charge on any atom is 3.00 e. The number of aliphatic carboxylic acids is 4. The quantitative estimate of drug-likeness (QED) is 0.315. The molecule has 0 spiro atoms. The van der Waals surface area contributed by atoms with Crippen molar-refractivity contribution in [1.29, 1.82) is 0 Å². The number of carboxylic acids is 4. The minimum atomic E-state index is -1.52. The van der Waals surface area contributed by atoms with E-state index in [2.05, 4.69) is 0 Å². The zero-order valence-electron chi connectivity index (χ0n) is 10.7. The second-order valence-corrected chi connectivity index (χ2v) is 3.93.